The zero-order chi connectivity index (χ0) is 17.5. The first-order valence-electron chi connectivity index (χ1n) is 9.59. The van der Waals surface area contributed by atoms with Gasteiger partial charge in [-0.3, -0.25) is 0 Å². The molecule has 2 aromatic carbocycles. The van der Waals surface area contributed by atoms with Crippen molar-refractivity contribution in [2.24, 2.45) is 0 Å². The molecule has 134 valence electrons. The summed E-state index contributed by atoms with van der Waals surface area (Å²) in [6, 6.07) is 22.4. The highest BCUT2D eigenvalue weighted by Crippen LogP contribution is 2.26. The SMILES string of the molecule is CC1(C)C[C@@H](NCC[C@H](Cc2ccccc2)c2ccccc2)CCO1. The van der Waals surface area contributed by atoms with Gasteiger partial charge < -0.3 is 10.1 Å². The summed E-state index contributed by atoms with van der Waals surface area (Å²) in [4.78, 5) is 0. The molecule has 3 rings (SSSR count). The van der Waals surface area contributed by atoms with Crippen molar-refractivity contribution in [3.05, 3.63) is 71.8 Å². The van der Waals surface area contributed by atoms with E-state index in [1.54, 1.807) is 0 Å². The molecule has 1 saturated heterocycles. The van der Waals surface area contributed by atoms with Gasteiger partial charge in [-0.1, -0.05) is 60.7 Å². The van der Waals surface area contributed by atoms with Crippen LogP contribution in [0.3, 0.4) is 0 Å². The topological polar surface area (TPSA) is 21.3 Å². The molecular formula is C23H31NO. The molecule has 2 heteroatoms. The summed E-state index contributed by atoms with van der Waals surface area (Å²) in [5.41, 5.74) is 2.88. The van der Waals surface area contributed by atoms with E-state index in [2.05, 4.69) is 79.8 Å². The Balaban J connectivity index is 1.58. The smallest absolute Gasteiger partial charge is 0.0641 e. The van der Waals surface area contributed by atoms with E-state index in [4.69, 9.17) is 4.74 Å². The Morgan fingerprint density at radius 1 is 1.04 bits per heavy atom. The molecule has 2 aromatic rings. The fraction of sp³-hybridized carbons (Fsp3) is 0.478. The highest BCUT2D eigenvalue weighted by atomic mass is 16.5. The molecule has 1 aliphatic heterocycles. The Kier molecular flexibility index (Phi) is 6.28. The number of ether oxygens (including phenoxy) is 1. The van der Waals surface area contributed by atoms with Gasteiger partial charge in [0.05, 0.1) is 5.60 Å². The van der Waals surface area contributed by atoms with Crippen LogP contribution in [0, 0.1) is 0 Å². The summed E-state index contributed by atoms with van der Waals surface area (Å²) in [7, 11) is 0. The van der Waals surface area contributed by atoms with Crippen LogP contribution in [0.15, 0.2) is 60.7 Å². The Morgan fingerprint density at radius 3 is 2.40 bits per heavy atom. The average molecular weight is 338 g/mol. The van der Waals surface area contributed by atoms with Crippen molar-refractivity contribution in [1.29, 1.82) is 0 Å². The van der Waals surface area contributed by atoms with Gasteiger partial charge in [0.2, 0.25) is 0 Å². The lowest BCUT2D eigenvalue weighted by Crippen LogP contribution is -2.44. The van der Waals surface area contributed by atoms with Crippen LogP contribution < -0.4 is 5.32 Å². The van der Waals surface area contributed by atoms with Crippen LogP contribution >= 0.6 is 0 Å². The first kappa shape index (κ1) is 18.2. The van der Waals surface area contributed by atoms with Crippen molar-refractivity contribution in [3.63, 3.8) is 0 Å². The van der Waals surface area contributed by atoms with Gasteiger partial charge in [-0.25, -0.2) is 0 Å². The third-order valence-electron chi connectivity index (χ3n) is 5.22. The predicted molar refractivity (Wildman–Crippen MR) is 105 cm³/mol. The minimum atomic E-state index is 0.0127. The van der Waals surface area contributed by atoms with Crippen molar-refractivity contribution < 1.29 is 4.74 Å². The molecule has 0 saturated carbocycles. The maximum Gasteiger partial charge on any atom is 0.0641 e. The van der Waals surface area contributed by atoms with Crippen molar-refractivity contribution in [3.8, 4) is 0 Å². The third kappa shape index (κ3) is 5.69. The van der Waals surface area contributed by atoms with Gasteiger partial charge in [-0.15, -0.1) is 0 Å². The summed E-state index contributed by atoms with van der Waals surface area (Å²) >= 11 is 0. The largest absolute Gasteiger partial charge is 0.375 e. The van der Waals surface area contributed by atoms with Crippen LogP contribution in [0.2, 0.25) is 0 Å². The molecule has 0 aliphatic carbocycles. The lowest BCUT2D eigenvalue weighted by molar-refractivity contribution is -0.0628. The first-order valence-corrected chi connectivity index (χ1v) is 9.59. The Bertz CT molecular complexity index is 623. The van der Waals surface area contributed by atoms with E-state index >= 15 is 0 Å². The number of benzene rings is 2. The molecule has 1 fully saturated rings. The fourth-order valence-electron chi connectivity index (χ4n) is 3.88. The van der Waals surface area contributed by atoms with E-state index in [1.165, 1.54) is 11.1 Å². The maximum absolute atomic E-state index is 5.83. The van der Waals surface area contributed by atoms with Gasteiger partial charge in [0.25, 0.3) is 0 Å². The second kappa shape index (κ2) is 8.64. The molecule has 0 bridgehead atoms. The fourth-order valence-corrected chi connectivity index (χ4v) is 3.88. The van der Waals surface area contributed by atoms with Crippen LogP contribution in [-0.2, 0) is 11.2 Å². The van der Waals surface area contributed by atoms with Gasteiger partial charge in [0.15, 0.2) is 0 Å². The van der Waals surface area contributed by atoms with Crippen LogP contribution in [0.1, 0.15) is 50.2 Å². The zero-order valence-corrected chi connectivity index (χ0v) is 15.6. The van der Waals surface area contributed by atoms with Crippen molar-refractivity contribution in [1.82, 2.24) is 5.32 Å². The second-order valence-electron chi connectivity index (χ2n) is 7.84. The van der Waals surface area contributed by atoms with Crippen LogP contribution in [0.5, 0.6) is 0 Å². The highest BCUT2D eigenvalue weighted by molar-refractivity contribution is 5.24. The van der Waals surface area contributed by atoms with Crippen LogP contribution in [0.4, 0.5) is 0 Å². The number of nitrogens with one attached hydrogen (secondary N) is 1. The first-order chi connectivity index (χ1) is 12.1. The molecule has 2 nitrogen and oxygen atoms in total. The molecule has 1 aliphatic rings. The lowest BCUT2D eigenvalue weighted by atomic mass is 9.89. The molecule has 0 spiro atoms. The monoisotopic (exact) mass is 337 g/mol. The Morgan fingerprint density at radius 2 is 1.72 bits per heavy atom. The molecule has 0 radical (unpaired) electrons. The Hall–Kier alpha value is -1.64. The van der Waals surface area contributed by atoms with Crippen LogP contribution in [0.25, 0.3) is 0 Å². The van der Waals surface area contributed by atoms with Gasteiger partial charge in [0, 0.05) is 12.6 Å². The Labute approximate surface area is 152 Å². The van der Waals surface area contributed by atoms with Gasteiger partial charge in [0.1, 0.15) is 0 Å². The van der Waals surface area contributed by atoms with Crippen molar-refractivity contribution >= 4 is 0 Å². The quantitative estimate of drug-likeness (QED) is 0.772. The molecule has 25 heavy (non-hydrogen) atoms. The third-order valence-corrected chi connectivity index (χ3v) is 5.22. The molecule has 1 heterocycles. The van der Waals surface area contributed by atoms with Gasteiger partial charge in [-0.05, 0) is 63.1 Å². The highest BCUT2D eigenvalue weighted by Gasteiger charge is 2.28. The van der Waals surface area contributed by atoms with Gasteiger partial charge in [-0.2, -0.15) is 0 Å². The summed E-state index contributed by atoms with van der Waals surface area (Å²) in [6.07, 6.45) is 4.49. The van der Waals surface area contributed by atoms with E-state index in [0.717, 1.165) is 38.8 Å². The summed E-state index contributed by atoms with van der Waals surface area (Å²) in [5.74, 6) is 0.559. The molecule has 0 amide bonds. The van der Waals surface area contributed by atoms with E-state index in [-0.39, 0.29) is 5.60 Å². The van der Waals surface area contributed by atoms with Crippen molar-refractivity contribution in [2.45, 2.75) is 57.1 Å². The summed E-state index contributed by atoms with van der Waals surface area (Å²) in [6.45, 7) is 6.33. The minimum absolute atomic E-state index is 0.0127. The number of hydrogen-bond donors (Lipinski definition) is 1. The molecular weight excluding hydrogens is 306 g/mol. The second-order valence-corrected chi connectivity index (χ2v) is 7.84. The zero-order valence-electron chi connectivity index (χ0n) is 15.6. The average Bonchev–Trinajstić information content (AvgIpc) is 2.62. The van der Waals surface area contributed by atoms with E-state index in [9.17, 15) is 0 Å². The van der Waals surface area contributed by atoms with E-state index in [0.29, 0.717) is 12.0 Å². The van der Waals surface area contributed by atoms with E-state index in [1.807, 2.05) is 0 Å². The minimum Gasteiger partial charge on any atom is -0.375 e. The maximum atomic E-state index is 5.83. The standard InChI is InChI=1S/C23H31NO/c1-23(2)18-22(14-16-25-23)24-15-13-21(20-11-7-4-8-12-20)17-19-9-5-3-6-10-19/h3-12,21-22,24H,13-18H2,1-2H3/t21-,22+/m1/s1. The van der Waals surface area contributed by atoms with Crippen molar-refractivity contribution in [2.75, 3.05) is 13.2 Å². The molecule has 1 N–H and O–H groups in total. The van der Waals surface area contributed by atoms with Gasteiger partial charge >= 0.3 is 0 Å². The normalized spacial score (nSPS) is 21.0. The molecule has 0 unspecified atom stereocenters. The summed E-state index contributed by atoms with van der Waals surface area (Å²) in [5, 5.41) is 3.78. The molecule has 2 atom stereocenters. The number of rotatable bonds is 7. The predicted octanol–water partition coefficient (Wildman–Crippen LogP) is 4.95. The molecule has 0 aromatic heterocycles. The number of hydrogen-bond acceptors (Lipinski definition) is 2. The van der Waals surface area contributed by atoms with E-state index < -0.39 is 0 Å². The lowest BCUT2D eigenvalue weighted by Gasteiger charge is -2.36. The summed E-state index contributed by atoms with van der Waals surface area (Å²) < 4.78 is 5.83. The van der Waals surface area contributed by atoms with Crippen LogP contribution in [-0.4, -0.2) is 24.8 Å².